The van der Waals surface area contributed by atoms with Gasteiger partial charge in [-0.2, -0.15) is 0 Å². The topological polar surface area (TPSA) is 69.1 Å². The molecule has 0 saturated heterocycles. The lowest BCUT2D eigenvalue weighted by Crippen LogP contribution is -2.32. The molecule has 0 atom stereocenters. The number of azo groups is 1. The van der Waals surface area contributed by atoms with Crippen LogP contribution in [0, 0.1) is 0 Å². The minimum atomic E-state index is 0.0725. The van der Waals surface area contributed by atoms with Crippen LogP contribution in [0.4, 0.5) is 10.8 Å². The molecule has 2 rings (SSSR count). The van der Waals surface area contributed by atoms with Gasteiger partial charge in [-0.25, -0.2) is 4.57 Å². The Morgan fingerprint density at radius 1 is 1.18 bits per heavy atom. The van der Waals surface area contributed by atoms with E-state index in [1.807, 2.05) is 16.1 Å². The van der Waals surface area contributed by atoms with Crippen LogP contribution in [0.1, 0.15) is 0 Å². The van der Waals surface area contributed by atoms with Crippen molar-refractivity contribution >= 4 is 22.2 Å². The maximum Gasteiger partial charge on any atom is 0.408 e. The minimum absolute atomic E-state index is 0.0725. The molecule has 0 unspecified atom stereocenters. The second-order valence-electron chi connectivity index (χ2n) is 3.32. The van der Waals surface area contributed by atoms with E-state index in [0.29, 0.717) is 12.2 Å². The summed E-state index contributed by atoms with van der Waals surface area (Å²) in [5, 5.41) is 28.8. The van der Waals surface area contributed by atoms with E-state index in [0.717, 1.165) is 5.13 Å². The molecule has 0 radical (unpaired) electrons. The van der Waals surface area contributed by atoms with Crippen molar-refractivity contribution in [3.05, 3.63) is 35.8 Å². The van der Waals surface area contributed by atoms with Crippen LogP contribution in [0.25, 0.3) is 0 Å². The zero-order valence-electron chi connectivity index (χ0n) is 9.02. The van der Waals surface area contributed by atoms with Crippen molar-refractivity contribution < 1.29 is 14.8 Å². The fourth-order valence-corrected chi connectivity index (χ4v) is 1.98. The van der Waals surface area contributed by atoms with Crippen LogP contribution in [-0.2, 0) is 6.54 Å². The highest BCUT2D eigenvalue weighted by Crippen LogP contribution is 2.20. The van der Waals surface area contributed by atoms with Gasteiger partial charge in [-0.1, -0.05) is 0 Å². The maximum absolute atomic E-state index is 9.12. The first-order valence-corrected chi connectivity index (χ1v) is 5.96. The van der Waals surface area contributed by atoms with E-state index in [1.54, 1.807) is 24.3 Å². The highest BCUT2D eigenvalue weighted by atomic mass is 32.1. The first-order valence-electron chi connectivity index (χ1n) is 5.08. The Morgan fingerprint density at radius 2 is 1.94 bits per heavy atom. The van der Waals surface area contributed by atoms with E-state index >= 15 is 0 Å². The second-order valence-corrected chi connectivity index (χ2v) is 4.19. The number of aromatic hydroxyl groups is 1. The first-order chi connectivity index (χ1) is 8.29. The van der Waals surface area contributed by atoms with Crippen molar-refractivity contribution in [3.63, 3.8) is 0 Å². The van der Waals surface area contributed by atoms with Crippen LogP contribution in [0.15, 0.2) is 46.1 Å². The van der Waals surface area contributed by atoms with Gasteiger partial charge in [0.1, 0.15) is 24.2 Å². The molecular weight excluding hydrogens is 238 g/mol. The Morgan fingerprint density at radius 3 is 2.65 bits per heavy atom. The van der Waals surface area contributed by atoms with E-state index < -0.39 is 0 Å². The molecule has 2 N–H and O–H groups in total. The van der Waals surface area contributed by atoms with E-state index in [-0.39, 0.29) is 12.4 Å². The molecule has 1 aromatic carbocycles. The fraction of sp³-hybridized carbons (Fsp3) is 0.182. The minimum Gasteiger partial charge on any atom is -0.508 e. The highest BCUT2D eigenvalue weighted by molar-refractivity contribution is 7.12. The smallest absolute Gasteiger partial charge is 0.408 e. The molecule has 1 aromatic heterocycles. The van der Waals surface area contributed by atoms with Gasteiger partial charge in [0.25, 0.3) is 0 Å². The summed E-state index contributed by atoms with van der Waals surface area (Å²) in [6, 6.07) is 6.49. The standard InChI is InChI=1S/C11H11N3O2S/c15-7-5-14-6-8-17-11(14)13-12-9-1-3-10(16)4-2-9/h1-4,6,8,15H,5,7H2/p+1. The number of nitrogens with zero attached hydrogens (tertiary/aromatic N) is 3. The molecule has 2 aromatic rings. The Bertz CT molecular complexity index is 508. The molecule has 1 heterocycles. The average Bonchev–Trinajstić information content (AvgIpc) is 2.77. The van der Waals surface area contributed by atoms with Crippen LogP contribution >= 0.6 is 11.3 Å². The number of aliphatic hydroxyl groups is 1. The molecule has 17 heavy (non-hydrogen) atoms. The molecule has 5 nitrogen and oxygen atoms in total. The lowest BCUT2D eigenvalue weighted by atomic mass is 10.3. The first kappa shape index (κ1) is 11.7. The van der Waals surface area contributed by atoms with Crippen LogP contribution in [0.2, 0.25) is 0 Å². The molecule has 0 aliphatic heterocycles. The maximum atomic E-state index is 9.12. The lowest BCUT2D eigenvalue weighted by molar-refractivity contribution is -0.681. The molecule has 0 aliphatic rings. The fourth-order valence-electron chi connectivity index (χ4n) is 1.27. The number of aliphatic hydroxyl groups excluding tert-OH is 1. The zero-order valence-corrected chi connectivity index (χ0v) is 9.84. The van der Waals surface area contributed by atoms with Gasteiger partial charge in [-0.15, -0.1) is 0 Å². The number of phenols is 1. The quantitative estimate of drug-likeness (QED) is 0.644. The summed E-state index contributed by atoms with van der Waals surface area (Å²) in [7, 11) is 0. The van der Waals surface area contributed by atoms with Crippen LogP contribution in [0.3, 0.4) is 0 Å². The van der Waals surface area contributed by atoms with E-state index in [2.05, 4.69) is 10.2 Å². The number of thiazole rings is 1. The molecule has 0 amide bonds. The van der Waals surface area contributed by atoms with E-state index in [4.69, 9.17) is 10.2 Å². The molecule has 0 spiro atoms. The average molecular weight is 250 g/mol. The summed E-state index contributed by atoms with van der Waals surface area (Å²) in [6.45, 7) is 0.580. The van der Waals surface area contributed by atoms with Gasteiger partial charge in [0, 0.05) is 5.38 Å². The van der Waals surface area contributed by atoms with Crippen LogP contribution < -0.4 is 4.57 Å². The van der Waals surface area contributed by atoms with E-state index in [9.17, 15) is 0 Å². The summed E-state index contributed by atoms with van der Waals surface area (Å²) < 4.78 is 1.83. The summed E-state index contributed by atoms with van der Waals surface area (Å²) in [5.41, 5.74) is 0.673. The number of hydrogen-bond acceptors (Lipinski definition) is 5. The third-order valence-electron chi connectivity index (χ3n) is 2.10. The predicted octanol–water partition coefficient (Wildman–Crippen LogP) is 2.15. The number of phenolic OH excluding ortho intramolecular Hbond substituents is 1. The monoisotopic (exact) mass is 250 g/mol. The van der Waals surface area contributed by atoms with Crippen molar-refractivity contribution in [1.29, 1.82) is 0 Å². The largest absolute Gasteiger partial charge is 0.508 e. The molecule has 0 saturated carbocycles. The normalized spacial score (nSPS) is 11.1. The number of hydrogen-bond donors (Lipinski definition) is 2. The van der Waals surface area contributed by atoms with Gasteiger partial charge >= 0.3 is 5.13 Å². The SMILES string of the molecule is OCC[n+]1ccsc1N=Nc1ccc(O)cc1. The molecule has 0 bridgehead atoms. The number of benzene rings is 1. The second kappa shape index (κ2) is 5.51. The summed E-state index contributed by atoms with van der Waals surface area (Å²) in [6.07, 6.45) is 1.85. The summed E-state index contributed by atoms with van der Waals surface area (Å²) in [4.78, 5) is 0. The van der Waals surface area contributed by atoms with Crippen molar-refractivity contribution in [2.75, 3.05) is 6.61 Å². The summed E-state index contributed by atoms with van der Waals surface area (Å²) in [5.74, 6) is 0.204. The Hall–Kier alpha value is -1.79. The van der Waals surface area contributed by atoms with Gasteiger partial charge in [-0.3, -0.25) is 0 Å². The molecule has 88 valence electrons. The third kappa shape index (κ3) is 3.08. The van der Waals surface area contributed by atoms with Crippen molar-refractivity contribution in [3.8, 4) is 5.75 Å². The number of aromatic nitrogens is 1. The van der Waals surface area contributed by atoms with Crippen molar-refractivity contribution in [1.82, 2.24) is 0 Å². The van der Waals surface area contributed by atoms with Gasteiger partial charge in [-0.05, 0) is 40.7 Å². The van der Waals surface area contributed by atoms with Gasteiger partial charge in [0.2, 0.25) is 0 Å². The predicted molar refractivity (Wildman–Crippen MR) is 63.9 cm³/mol. The molecule has 0 fully saturated rings. The third-order valence-corrected chi connectivity index (χ3v) is 2.89. The van der Waals surface area contributed by atoms with Gasteiger partial charge < -0.3 is 10.2 Å². The highest BCUT2D eigenvalue weighted by Gasteiger charge is 2.10. The van der Waals surface area contributed by atoms with Crippen LogP contribution in [0.5, 0.6) is 5.75 Å². The molecule has 6 heteroatoms. The van der Waals surface area contributed by atoms with E-state index in [1.165, 1.54) is 11.3 Å². The van der Waals surface area contributed by atoms with Gasteiger partial charge in [0.15, 0.2) is 0 Å². The Kier molecular flexibility index (Phi) is 3.79. The summed E-state index contributed by atoms with van der Waals surface area (Å²) >= 11 is 1.45. The molecule has 0 aliphatic carbocycles. The number of rotatable bonds is 4. The van der Waals surface area contributed by atoms with Crippen molar-refractivity contribution in [2.24, 2.45) is 10.2 Å². The Labute approximate surface area is 102 Å². The molecular formula is C11H12N3O2S+. The van der Waals surface area contributed by atoms with Crippen LogP contribution in [-0.4, -0.2) is 16.8 Å². The zero-order chi connectivity index (χ0) is 12.1. The Balaban J connectivity index is 2.14. The lowest BCUT2D eigenvalue weighted by Gasteiger charge is -1.91. The van der Waals surface area contributed by atoms with Crippen molar-refractivity contribution in [2.45, 2.75) is 6.54 Å². The van der Waals surface area contributed by atoms with Gasteiger partial charge in [0.05, 0.1) is 11.7 Å².